The number of hydrogen-bond donors (Lipinski definition) is 1. The molecule has 7 nitrogen and oxygen atoms in total. The second-order valence-electron chi connectivity index (χ2n) is 5.98. The molecule has 0 aliphatic heterocycles. The minimum absolute atomic E-state index is 0.306. The zero-order valence-electron chi connectivity index (χ0n) is 14.6. The Balaban J connectivity index is 2.34. The van der Waals surface area contributed by atoms with Crippen molar-refractivity contribution in [2.45, 2.75) is 26.0 Å². The van der Waals surface area contributed by atoms with E-state index in [4.69, 9.17) is 9.57 Å². The zero-order valence-corrected chi connectivity index (χ0v) is 14.6. The molecule has 0 aliphatic carbocycles. The minimum Gasteiger partial charge on any atom is -0.497 e. The molecule has 24 heavy (non-hydrogen) atoms. The third-order valence-electron chi connectivity index (χ3n) is 3.64. The molecule has 0 bridgehead atoms. The third-order valence-corrected chi connectivity index (χ3v) is 3.64. The lowest BCUT2D eigenvalue weighted by molar-refractivity contribution is -0.0760. The first-order valence-corrected chi connectivity index (χ1v) is 7.51. The predicted octanol–water partition coefficient (Wildman–Crippen LogP) is 1.80. The Kier molecular flexibility index (Phi) is 5.26. The van der Waals surface area contributed by atoms with Gasteiger partial charge >= 0.3 is 0 Å². The molecule has 0 radical (unpaired) electrons. The highest BCUT2D eigenvalue weighted by Crippen LogP contribution is 2.24. The van der Waals surface area contributed by atoms with Crippen LogP contribution in [0.15, 0.2) is 30.5 Å². The van der Waals surface area contributed by atoms with Crippen molar-refractivity contribution in [1.29, 1.82) is 0 Å². The molecule has 1 heterocycles. The highest BCUT2D eigenvalue weighted by atomic mass is 16.7. The van der Waals surface area contributed by atoms with Gasteiger partial charge in [0.15, 0.2) is 0 Å². The first kappa shape index (κ1) is 18.0. The van der Waals surface area contributed by atoms with E-state index in [-0.39, 0.29) is 5.91 Å². The number of benzene rings is 1. The van der Waals surface area contributed by atoms with Crippen LogP contribution in [0.25, 0.3) is 0 Å². The summed E-state index contributed by atoms with van der Waals surface area (Å²) in [5, 5.41) is 15.8. The quantitative estimate of drug-likeness (QED) is 0.816. The summed E-state index contributed by atoms with van der Waals surface area (Å²) in [4.78, 5) is 17.4. The van der Waals surface area contributed by atoms with E-state index >= 15 is 0 Å². The number of carbonyl (C=O) groups excluding carboxylic acids is 1. The van der Waals surface area contributed by atoms with Crippen molar-refractivity contribution >= 4 is 5.91 Å². The Bertz CT molecular complexity index is 702. The van der Waals surface area contributed by atoms with E-state index < -0.39 is 5.60 Å². The van der Waals surface area contributed by atoms with Gasteiger partial charge in [0.25, 0.3) is 5.91 Å². The minimum atomic E-state index is -1.25. The molecule has 0 aliphatic rings. The number of amides is 1. The average molecular weight is 333 g/mol. The maximum Gasteiger partial charge on any atom is 0.280 e. The van der Waals surface area contributed by atoms with Crippen molar-refractivity contribution in [2.24, 2.45) is 0 Å². The van der Waals surface area contributed by atoms with Gasteiger partial charge in [-0.2, -0.15) is 5.10 Å². The molecule has 0 spiro atoms. The second-order valence-corrected chi connectivity index (χ2v) is 5.98. The number of methoxy groups -OCH3 is 1. The van der Waals surface area contributed by atoms with E-state index in [9.17, 15) is 9.90 Å². The van der Waals surface area contributed by atoms with Crippen LogP contribution in [0.4, 0.5) is 0 Å². The molecular formula is C17H23N3O4. The highest BCUT2D eigenvalue weighted by molar-refractivity contribution is 5.94. The molecule has 0 saturated heterocycles. The SMILES string of the molecule is COc1ccc(Cn2cc(C(=O)N(C)OC)c(C(C)(C)O)n2)cc1. The standard InChI is InChI=1S/C17H23N3O4/c1-17(2,22)15-14(16(21)19(3)24-5)11-20(18-15)10-12-6-8-13(23-4)9-7-12/h6-9,11,22H,10H2,1-5H3. The smallest absolute Gasteiger partial charge is 0.280 e. The van der Waals surface area contributed by atoms with E-state index in [1.165, 1.54) is 14.2 Å². The van der Waals surface area contributed by atoms with Crippen molar-refractivity contribution in [1.82, 2.24) is 14.8 Å². The fourth-order valence-electron chi connectivity index (χ4n) is 2.28. The molecule has 7 heteroatoms. The van der Waals surface area contributed by atoms with Crippen LogP contribution in [0.3, 0.4) is 0 Å². The summed E-state index contributed by atoms with van der Waals surface area (Å²) in [6, 6.07) is 7.57. The van der Waals surface area contributed by atoms with Crippen molar-refractivity contribution in [3.05, 3.63) is 47.3 Å². The van der Waals surface area contributed by atoms with E-state index in [1.54, 1.807) is 31.8 Å². The molecule has 0 fully saturated rings. The number of rotatable bonds is 6. The van der Waals surface area contributed by atoms with E-state index in [0.29, 0.717) is 17.8 Å². The van der Waals surface area contributed by atoms with Crippen molar-refractivity contribution in [3.63, 3.8) is 0 Å². The maximum absolute atomic E-state index is 12.4. The second kappa shape index (κ2) is 7.02. The van der Waals surface area contributed by atoms with Gasteiger partial charge in [-0.05, 0) is 31.5 Å². The van der Waals surface area contributed by atoms with Gasteiger partial charge in [0.2, 0.25) is 0 Å². The Morgan fingerprint density at radius 3 is 2.42 bits per heavy atom. The van der Waals surface area contributed by atoms with Crippen molar-refractivity contribution in [2.75, 3.05) is 21.3 Å². The van der Waals surface area contributed by atoms with Gasteiger partial charge in [-0.3, -0.25) is 14.3 Å². The van der Waals surface area contributed by atoms with Gasteiger partial charge in [-0.15, -0.1) is 0 Å². The van der Waals surface area contributed by atoms with Gasteiger partial charge in [-0.25, -0.2) is 5.06 Å². The van der Waals surface area contributed by atoms with Crippen LogP contribution in [-0.2, 0) is 17.0 Å². The molecule has 1 N–H and O–H groups in total. The fourth-order valence-corrected chi connectivity index (χ4v) is 2.28. The van der Waals surface area contributed by atoms with Crippen molar-refractivity contribution in [3.8, 4) is 5.75 Å². The van der Waals surface area contributed by atoms with Crippen LogP contribution in [-0.4, -0.2) is 47.1 Å². The van der Waals surface area contributed by atoms with E-state index in [2.05, 4.69) is 5.10 Å². The molecule has 0 saturated carbocycles. The number of carbonyl (C=O) groups is 1. The Hall–Kier alpha value is -2.38. The number of aromatic nitrogens is 2. The van der Waals surface area contributed by atoms with E-state index in [0.717, 1.165) is 16.4 Å². The number of hydrogen-bond acceptors (Lipinski definition) is 5. The van der Waals surface area contributed by atoms with Gasteiger partial charge in [0, 0.05) is 13.2 Å². The topological polar surface area (TPSA) is 76.8 Å². The van der Waals surface area contributed by atoms with Gasteiger partial charge in [0.1, 0.15) is 17.0 Å². The molecule has 2 rings (SSSR count). The number of hydroxylamine groups is 2. The molecule has 0 unspecified atom stereocenters. The summed E-state index contributed by atoms with van der Waals surface area (Å²) in [5.41, 5.74) is 0.370. The van der Waals surface area contributed by atoms with Crippen LogP contribution in [0, 0.1) is 0 Å². The predicted molar refractivity (Wildman–Crippen MR) is 88.7 cm³/mol. The monoisotopic (exact) mass is 333 g/mol. The third kappa shape index (κ3) is 3.93. The van der Waals surface area contributed by atoms with E-state index in [1.807, 2.05) is 24.3 Å². The first-order chi connectivity index (χ1) is 11.3. The maximum atomic E-state index is 12.4. The van der Waals surface area contributed by atoms with Gasteiger partial charge in [-0.1, -0.05) is 12.1 Å². The fraction of sp³-hybridized carbons (Fsp3) is 0.412. The van der Waals surface area contributed by atoms with Crippen LogP contribution < -0.4 is 4.74 Å². The number of nitrogens with zero attached hydrogens (tertiary/aromatic N) is 3. The van der Waals surface area contributed by atoms with Crippen molar-refractivity contribution < 1.29 is 19.5 Å². The lowest BCUT2D eigenvalue weighted by Crippen LogP contribution is -2.28. The molecular weight excluding hydrogens is 310 g/mol. The molecule has 2 aromatic rings. The summed E-state index contributed by atoms with van der Waals surface area (Å²) < 4.78 is 6.77. The van der Waals surface area contributed by atoms with Crippen LogP contribution in [0.2, 0.25) is 0 Å². The molecule has 1 aromatic heterocycles. The molecule has 0 atom stereocenters. The Morgan fingerprint density at radius 1 is 1.29 bits per heavy atom. The largest absolute Gasteiger partial charge is 0.497 e. The number of aliphatic hydroxyl groups is 1. The average Bonchev–Trinajstić information content (AvgIpc) is 2.98. The lowest BCUT2D eigenvalue weighted by atomic mass is 10.0. The molecule has 1 amide bonds. The summed E-state index contributed by atoms with van der Waals surface area (Å²) in [5.74, 6) is 0.407. The zero-order chi connectivity index (χ0) is 17.9. The first-order valence-electron chi connectivity index (χ1n) is 7.51. The molecule has 1 aromatic carbocycles. The van der Waals surface area contributed by atoms with Crippen LogP contribution in [0.1, 0.15) is 35.5 Å². The number of ether oxygens (including phenoxy) is 1. The Morgan fingerprint density at radius 2 is 1.92 bits per heavy atom. The van der Waals surface area contributed by atoms with Gasteiger partial charge < -0.3 is 9.84 Å². The van der Waals surface area contributed by atoms with Crippen LogP contribution in [0.5, 0.6) is 5.75 Å². The Labute approximate surface area is 141 Å². The summed E-state index contributed by atoms with van der Waals surface area (Å²) in [6.07, 6.45) is 1.62. The normalized spacial score (nSPS) is 11.4. The highest BCUT2D eigenvalue weighted by Gasteiger charge is 2.29. The molecule has 130 valence electrons. The lowest BCUT2D eigenvalue weighted by Gasteiger charge is -2.18. The summed E-state index contributed by atoms with van der Waals surface area (Å²) in [7, 11) is 4.53. The van der Waals surface area contributed by atoms with Gasteiger partial charge in [0.05, 0.1) is 26.3 Å². The summed E-state index contributed by atoms with van der Waals surface area (Å²) in [6.45, 7) is 3.66. The van der Waals surface area contributed by atoms with Crippen LogP contribution >= 0.6 is 0 Å². The summed E-state index contributed by atoms with van der Waals surface area (Å²) >= 11 is 0.